The zero-order valence-electron chi connectivity index (χ0n) is 9.06. The van der Waals surface area contributed by atoms with E-state index in [1.807, 2.05) is 0 Å². The van der Waals surface area contributed by atoms with Crippen molar-refractivity contribution in [2.45, 2.75) is 24.8 Å². The van der Waals surface area contributed by atoms with Crippen molar-refractivity contribution in [3.05, 3.63) is 23.8 Å². The molecule has 0 spiro atoms. The molecule has 1 fully saturated rings. The molecule has 1 saturated carbocycles. The van der Waals surface area contributed by atoms with E-state index in [0.717, 1.165) is 19.3 Å². The lowest BCUT2D eigenvalue weighted by Crippen LogP contribution is -2.32. The highest BCUT2D eigenvalue weighted by Gasteiger charge is 2.43. The molecule has 1 aliphatic rings. The molecule has 0 saturated heterocycles. The average Bonchev–Trinajstić information content (AvgIpc) is 2.24. The number of rotatable bonds is 3. The molecule has 0 unspecified atom stereocenters. The van der Waals surface area contributed by atoms with Crippen molar-refractivity contribution in [2.75, 3.05) is 7.11 Å². The highest BCUT2D eigenvalue weighted by Crippen LogP contribution is 2.51. The van der Waals surface area contributed by atoms with Gasteiger partial charge in [0.05, 0.1) is 12.7 Å². The maximum Gasteiger partial charge on any atom is 0.235 e. The smallest absolute Gasteiger partial charge is 0.235 e. The van der Waals surface area contributed by atoms with Crippen LogP contribution in [0.25, 0.3) is 0 Å². The Bertz CT molecular complexity index is 446. The Labute approximate surface area is 93.6 Å². The number of phenols is 1. The van der Waals surface area contributed by atoms with Crippen LogP contribution in [0.1, 0.15) is 24.8 Å². The second-order valence-electron chi connectivity index (χ2n) is 3.94. The van der Waals surface area contributed by atoms with Crippen molar-refractivity contribution < 1.29 is 14.6 Å². The summed E-state index contributed by atoms with van der Waals surface area (Å²) in [5.41, 5.74) is -0.0228. The molecule has 0 atom stereocenters. The lowest BCUT2D eigenvalue weighted by Gasteiger charge is -2.38. The average molecular weight is 219 g/mol. The molecular formula is C12H13NO3. The number of isocyanates is 1. The Hall–Kier alpha value is -1.80. The van der Waals surface area contributed by atoms with Crippen LogP contribution in [0.15, 0.2) is 23.2 Å². The zero-order valence-corrected chi connectivity index (χ0v) is 9.06. The molecule has 1 aromatic carbocycles. The van der Waals surface area contributed by atoms with E-state index < -0.39 is 5.54 Å². The van der Waals surface area contributed by atoms with E-state index in [-0.39, 0.29) is 5.75 Å². The molecule has 0 bridgehead atoms. The summed E-state index contributed by atoms with van der Waals surface area (Å²) in [6.07, 6.45) is 4.08. The first-order chi connectivity index (χ1) is 7.73. The number of aliphatic imine (C=N–C) groups is 1. The van der Waals surface area contributed by atoms with Crippen LogP contribution < -0.4 is 4.74 Å². The summed E-state index contributed by atoms with van der Waals surface area (Å²) in [5.74, 6) is 0.691. The van der Waals surface area contributed by atoms with E-state index in [1.165, 1.54) is 7.11 Å². The van der Waals surface area contributed by atoms with Crippen LogP contribution in [0.2, 0.25) is 0 Å². The number of benzene rings is 1. The van der Waals surface area contributed by atoms with E-state index in [0.29, 0.717) is 11.3 Å². The third kappa shape index (κ3) is 1.48. The minimum absolute atomic E-state index is 0.123. The topological polar surface area (TPSA) is 58.9 Å². The Kier molecular flexibility index (Phi) is 2.67. The van der Waals surface area contributed by atoms with E-state index in [9.17, 15) is 9.90 Å². The van der Waals surface area contributed by atoms with Gasteiger partial charge in [-0.3, -0.25) is 0 Å². The van der Waals surface area contributed by atoms with Gasteiger partial charge in [0, 0.05) is 0 Å². The molecule has 0 radical (unpaired) electrons. The first-order valence-corrected chi connectivity index (χ1v) is 5.19. The third-order valence-corrected chi connectivity index (χ3v) is 3.13. The van der Waals surface area contributed by atoms with Crippen molar-refractivity contribution in [1.82, 2.24) is 0 Å². The van der Waals surface area contributed by atoms with Gasteiger partial charge in [0.2, 0.25) is 6.08 Å². The normalized spacial score (nSPS) is 17.1. The molecular weight excluding hydrogens is 206 g/mol. The fourth-order valence-electron chi connectivity index (χ4n) is 2.17. The second-order valence-corrected chi connectivity index (χ2v) is 3.94. The fraction of sp³-hybridized carbons (Fsp3) is 0.417. The minimum Gasteiger partial charge on any atom is -0.507 e. The number of hydrogen-bond donors (Lipinski definition) is 1. The second kappa shape index (κ2) is 3.99. The largest absolute Gasteiger partial charge is 0.507 e. The number of carbonyl (C=O) groups excluding carboxylic acids is 1. The van der Waals surface area contributed by atoms with Crippen LogP contribution in [0.5, 0.6) is 11.5 Å². The van der Waals surface area contributed by atoms with Gasteiger partial charge in [-0.2, -0.15) is 4.99 Å². The predicted octanol–water partition coefficient (Wildman–Crippen LogP) is 2.12. The van der Waals surface area contributed by atoms with Crippen molar-refractivity contribution in [2.24, 2.45) is 4.99 Å². The Morgan fingerprint density at radius 1 is 1.50 bits per heavy atom. The molecule has 1 aromatic rings. The summed E-state index contributed by atoms with van der Waals surface area (Å²) < 4.78 is 5.20. The number of methoxy groups -OCH3 is 1. The summed E-state index contributed by atoms with van der Waals surface area (Å²) in [5, 5.41) is 9.88. The Morgan fingerprint density at radius 3 is 2.75 bits per heavy atom. The third-order valence-electron chi connectivity index (χ3n) is 3.13. The predicted molar refractivity (Wildman–Crippen MR) is 58.3 cm³/mol. The van der Waals surface area contributed by atoms with Crippen LogP contribution in [-0.2, 0) is 10.3 Å². The van der Waals surface area contributed by atoms with Crippen molar-refractivity contribution >= 4 is 6.08 Å². The van der Waals surface area contributed by atoms with Crippen LogP contribution in [0.4, 0.5) is 0 Å². The number of phenolic OH excluding ortho intramolecular Hbond substituents is 1. The Morgan fingerprint density at radius 2 is 2.25 bits per heavy atom. The van der Waals surface area contributed by atoms with Crippen LogP contribution in [0.3, 0.4) is 0 Å². The maximum absolute atomic E-state index is 10.5. The molecule has 1 N–H and O–H groups in total. The van der Waals surface area contributed by atoms with Gasteiger partial charge in [-0.25, -0.2) is 4.79 Å². The Balaban J connectivity index is 2.57. The van der Waals surface area contributed by atoms with Gasteiger partial charge in [-0.05, 0) is 31.4 Å². The highest BCUT2D eigenvalue weighted by atomic mass is 16.5. The summed E-state index contributed by atoms with van der Waals surface area (Å²) >= 11 is 0. The van der Waals surface area contributed by atoms with Crippen molar-refractivity contribution in [3.8, 4) is 11.5 Å². The van der Waals surface area contributed by atoms with Crippen molar-refractivity contribution in [1.29, 1.82) is 0 Å². The van der Waals surface area contributed by atoms with Crippen LogP contribution in [0, 0.1) is 0 Å². The molecule has 0 aromatic heterocycles. The van der Waals surface area contributed by atoms with Gasteiger partial charge in [0.15, 0.2) is 0 Å². The van der Waals surface area contributed by atoms with Crippen molar-refractivity contribution in [3.63, 3.8) is 0 Å². The fourth-order valence-corrected chi connectivity index (χ4v) is 2.17. The van der Waals surface area contributed by atoms with Crippen LogP contribution >= 0.6 is 0 Å². The number of aromatic hydroxyl groups is 1. The van der Waals surface area contributed by atoms with Gasteiger partial charge in [0.25, 0.3) is 0 Å². The molecule has 84 valence electrons. The molecule has 4 heteroatoms. The quantitative estimate of drug-likeness (QED) is 0.625. The SMILES string of the molecule is COc1cccc(O)c1C1(N=C=O)CCC1. The zero-order chi connectivity index (χ0) is 11.6. The van der Waals surface area contributed by atoms with E-state index in [2.05, 4.69) is 4.99 Å². The number of nitrogens with zero attached hydrogens (tertiary/aromatic N) is 1. The summed E-state index contributed by atoms with van der Waals surface area (Å²) in [6.45, 7) is 0. The molecule has 0 heterocycles. The van der Waals surface area contributed by atoms with Crippen LogP contribution in [-0.4, -0.2) is 18.3 Å². The number of hydrogen-bond acceptors (Lipinski definition) is 4. The van der Waals surface area contributed by atoms with E-state index in [4.69, 9.17) is 4.74 Å². The standard InChI is InChI=1S/C12H13NO3/c1-16-10-5-2-4-9(15)11(10)12(13-8-14)6-3-7-12/h2,4-5,15H,3,6-7H2,1H3. The monoisotopic (exact) mass is 219 g/mol. The first kappa shape index (κ1) is 10.7. The van der Waals surface area contributed by atoms with E-state index >= 15 is 0 Å². The molecule has 0 amide bonds. The maximum atomic E-state index is 10.5. The molecule has 2 rings (SSSR count). The van der Waals surface area contributed by atoms with Gasteiger partial charge >= 0.3 is 0 Å². The van der Waals surface area contributed by atoms with E-state index in [1.54, 1.807) is 24.3 Å². The van der Waals surface area contributed by atoms with Gasteiger partial charge in [-0.15, -0.1) is 0 Å². The summed E-state index contributed by atoms with van der Waals surface area (Å²) in [4.78, 5) is 14.3. The first-order valence-electron chi connectivity index (χ1n) is 5.19. The lowest BCUT2D eigenvalue weighted by atomic mass is 9.71. The minimum atomic E-state index is -0.627. The molecule has 1 aliphatic carbocycles. The van der Waals surface area contributed by atoms with Gasteiger partial charge in [0.1, 0.15) is 17.0 Å². The molecule has 16 heavy (non-hydrogen) atoms. The molecule has 0 aliphatic heterocycles. The van der Waals surface area contributed by atoms with Gasteiger partial charge in [-0.1, -0.05) is 6.07 Å². The molecule has 4 nitrogen and oxygen atoms in total. The number of ether oxygens (including phenoxy) is 1. The summed E-state index contributed by atoms with van der Waals surface area (Å²) in [7, 11) is 1.54. The lowest BCUT2D eigenvalue weighted by molar-refractivity contribution is 0.238. The summed E-state index contributed by atoms with van der Waals surface area (Å²) in [6, 6.07) is 5.04. The van der Waals surface area contributed by atoms with Gasteiger partial charge < -0.3 is 9.84 Å². The highest BCUT2D eigenvalue weighted by molar-refractivity contribution is 5.52.